The maximum Gasteiger partial charge on any atom is 0.236 e. The maximum atomic E-state index is 12.8. The fourth-order valence-corrected chi connectivity index (χ4v) is 4.92. The lowest BCUT2D eigenvalue weighted by molar-refractivity contribution is -0.133. The van der Waals surface area contributed by atoms with E-state index in [1.54, 1.807) is 0 Å². The number of aryl methyl sites for hydroxylation is 1. The summed E-state index contributed by atoms with van der Waals surface area (Å²) in [6, 6.07) is 8.63. The van der Waals surface area contributed by atoms with Gasteiger partial charge in [-0.15, -0.1) is 0 Å². The van der Waals surface area contributed by atoms with E-state index in [1.807, 2.05) is 4.90 Å². The molecular weight excluding hydrogens is 338 g/mol. The smallest absolute Gasteiger partial charge is 0.236 e. The van der Waals surface area contributed by atoms with Crippen LogP contribution in [0.3, 0.4) is 0 Å². The summed E-state index contributed by atoms with van der Waals surface area (Å²) in [5.41, 5.74) is 1.91. The molecule has 2 aliphatic heterocycles. The van der Waals surface area contributed by atoms with E-state index in [1.165, 1.54) is 17.7 Å². The molecule has 1 aliphatic carbocycles. The lowest BCUT2D eigenvalue weighted by Crippen LogP contribution is -2.51. The highest BCUT2D eigenvalue weighted by atomic mass is 16.3. The van der Waals surface area contributed by atoms with E-state index in [0.29, 0.717) is 25.6 Å². The molecule has 1 N–H and O–H groups in total. The zero-order chi connectivity index (χ0) is 19.0. The first-order valence-corrected chi connectivity index (χ1v) is 10.5. The molecule has 5 heteroatoms. The van der Waals surface area contributed by atoms with Crippen LogP contribution in [0.25, 0.3) is 0 Å². The zero-order valence-corrected chi connectivity index (χ0v) is 16.7. The fraction of sp³-hybridized carbons (Fsp3) is 0.682. The van der Waals surface area contributed by atoms with Crippen molar-refractivity contribution in [1.29, 1.82) is 0 Å². The minimum absolute atomic E-state index is 0.182. The number of likely N-dealkylation sites (tertiary alicyclic amines) is 1. The molecule has 5 nitrogen and oxygen atoms in total. The zero-order valence-electron chi connectivity index (χ0n) is 16.7. The Labute approximate surface area is 162 Å². The number of aliphatic hydroxyl groups is 1. The third-order valence-corrected chi connectivity index (χ3v) is 7.05. The van der Waals surface area contributed by atoms with Crippen LogP contribution in [-0.2, 0) is 4.79 Å². The fourth-order valence-electron chi connectivity index (χ4n) is 4.92. The number of carbonyl (C=O) groups excluding carboxylic acids is 1. The summed E-state index contributed by atoms with van der Waals surface area (Å²) in [5.74, 6) is 0.759. The van der Waals surface area contributed by atoms with Crippen molar-refractivity contribution in [2.24, 2.45) is 11.8 Å². The van der Waals surface area contributed by atoms with Gasteiger partial charge in [-0.3, -0.25) is 9.69 Å². The summed E-state index contributed by atoms with van der Waals surface area (Å²) >= 11 is 0. The minimum Gasteiger partial charge on any atom is -0.387 e. The van der Waals surface area contributed by atoms with Crippen LogP contribution in [0.4, 0.5) is 5.69 Å². The third-order valence-electron chi connectivity index (χ3n) is 7.05. The quantitative estimate of drug-likeness (QED) is 0.881. The van der Waals surface area contributed by atoms with E-state index in [9.17, 15) is 9.90 Å². The monoisotopic (exact) mass is 371 g/mol. The number of benzene rings is 1. The van der Waals surface area contributed by atoms with Gasteiger partial charge in [-0.25, -0.2) is 0 Å². The number of carbonyl (C=O) groups is 1. The molecule has 1 aromatic carbocycles. The van der Waals surface area contributed by atoms with Crippen LogP contribution in [0.1, 0.15) is 31.7 Å². The van der Waals surface area contributed by atoms with E-state index in [4.69, 9.17) is 0 Å². The summed E-state index contributed by atoms with van der Waals surface area (Å²) < 4.78 is 0. The molecule has 2 saturated heterocycles. The average Bonchev–Trinajstić information content (AvgIpc) is 2.89. The highest BCUT2D eigenvalue weighted by Crippen LogP contribution is 2.44. The van der Waals surface area contributed by atoms with Gasteiger partial charge in [0.1, 0.15) is 0 Å². The van der Waals surface area contributed by atoms with Crippen molar-refractivity contribution >= 4 is 11.6 Å². The minimum atomic E-state index is -0.655. The Hall–Kier alpha value is -1.59. The van der Waals surface area contributed by atoms with Crippen LogP contribution in [0.2, 0.25) is 0 Å². The molecule has 3 fully saturated rings. The van der Waals surface area contributed by atoms with Crippen molar-refractivity contribution < 1.29 is 9.90 Å². The highest BCUT2D eigenvalue weighted by molar-refractivity contribution is 5.79. The van der Waals surface area contributed by atoms with Gasteiger partial charge in [0.2, 0.25) is 5.91 Å². The van der Waals surface area contributed by atoms with Crippen molar-refractivity contribution in [3.8, 4) is 0 Å². The maximum absolute atomic E-state index is 12.8. The van der Waals surface area contributed by atoms with Crippen molar-refractivity contribution in [3.63, 3.8) is 0 Å². The number of piperazine rings is 1. The number of hydrogen-bond donors (Lipinski definition) is 1. The standard InChI is InChI=1S/C22H33N3O2/c1-17-5-3-8-20(13-17)24-11-9-23(10-12-24)15-21(26)25-14-18(2)22(27,16-25)19-6-4-7-19/h3,5,8,13,18-19,27H,4,6-7,9-12,14-16H2,1-2H3/t18-,22+/m1/s1. The molecular formula is C22H33N3O2. The van der Waals surface area contributed by atoms with Crippen molar-refractivity contribution in [2.45, 2.75) is 38.7 Å². The van der Waals surface area contributed by atoms with Crippen LogP contribution in [-0.4, -0.2) is 72.2 Å². The molecule has 0 aromatic heterocycles. The number of amides is 1. The predicted octanol–water partition coefficient (Wildman–Crippen LogP) is 2.13. The van der Waals surface area contributed by atoms with Gasteiger partial charge in [0.25, 0.3) is 0 Å². The van der Waals surface area contributed by atoms with Gasteiger partial charge in [0, 0.05) is 44.3 Å². The van der Waals surface area contributed by atoms with Crippen molar-refractivity contribution in [2.75, 3.05) is 50.7 Å². The van der Waals surface area contributed by atoms with Gasteiger partial charge in [0.15, 0.2) is 0 Å². The van der Waals surface area contributed by atoms with Crippen LogP contribution in [0.5, 0.6) is 0 Å². The van der Waals surface area contributed by atoms with Crippen LogP contribution in [0.15, 0.2) is 24.3 Å². The van der Waals surface area contributed by atoms with Gasteiger partial charge in [-0.2, -0.15) is 0 Å². The van der Waals surface area contributed by atoms with E-state index in [2.05, 4.69) is 47.9 Å². The van der Waals surface area contributed by atoms with Gasteiger partial charge < -0.3 is 14.9 Å². The molecule has 1 amide bonds. The van der Waals surface area contributed by atoms with Crippen LogP contribution < -0.4 is 4.90 Å². The van der Waals surface area contributed by atoms with Gasteiger partial charge >= 0.3 is 0 Å². The Morgan fingerprint density at radius 3 is 2.59 bits per heavy atom. The van der Waals surface area contributed by atoms with Gasteiger partial charge in [0.05, 0.1) is 18.7 Å². The summed E-state index contributed by atoms with van der Waals surface area (Å²) in [5, 5.41) is 11.1. The number of anilines is 1. The molecule has 148 valence electrons. The van der Waals surface area contributed by atoms with Gasteiger partial charge in [-0.05, 0) is 43.4 Å². The second-order valence-corrected chi connectivity index (χ2v) is 8.90. The second-order valence-electron chi connectivity index (χ2n) is 8.90. The van der Waals surface area contributed by atoms with E-state index in [0.717, 1.165) is 39.0 Å². The molecule has 0 spiro atoms. The summed E-state index contributed by atoms with van der Waals surface area (Å²) in [7, 11) is 0. The third kappa shape index (κ3) is 3.72. The Bertz CT molecular complexity index is 682. The lowest BCUT2D eigenvalue weighted by atomic mass is 9.69. The van der Waals surface area contributed by atoms with Crippen molar-refractivity contribution in [3.05, 3.63) is 29.8 Å². The molecule has 3 aliphatic rings. The number of nitrogens with zero attached hydrogens (tertiary/aromatic N) is 3. The summed E-state index contributed by atoms with van der Waals surface area (Å²) in [6.45, 7) is 9.68. The topological polar surface area (TPSA) is 47.0 Å². The Morgan fingerprint density at radius 1 is 1.22 bits per heavy atom. The van der Waals surface area contributed by atoms with E-state index >= 15 is 0 Å². The van der Waals surface area contributed by atoms with Crippen LogP contribution >= 0.6 is 0 Å². The Morgan fingerprint density at radius 2 is 1.96 bits per heavy atom. The second kappa shape index (κ2) is 7.44. The molecule has 1 saturated carbocycles. The molecule has 2 atom stereocenters. The molecule has 0 radical (unpaired) electrons. The number of hydrogen-bond acceptors (Lipinski definition) is 4. The first kappa shape index (κ1) is 18.8. The number of β-amino-alcohol motifs (C(OH)–C–C–N with tert-alkyl or cyclic N) is 1. The Kier molecular flexibility index (Phi) is 5.17. The average molecular weight is 372 g/mol. The molecule has 0 bridgehead atoms. The molecule has 4 rings (SSSR count). The molecule has 1 aromatic rings. The number of rotatable bonds is 4. The normalized spacial score (nSPS) is 29.8. The van der Waals surface area contributed by atoms with Gasteiger partial charge in [-0.1, -0.05) is 25.5 Å². The van der Waals surface area contributed by atoms with Crippen LogP contribution in [0, 0.1) is 18.8 Å². The lowest BCUT2D eigenvalue weighted by Gasteiger charge is -2.41. The first-order valence-electron chi connectivity index (χ1n) is 10.5. The van der Waals surface area contributed by atoms with E-state index in [-0.39, 0.29) is 11.8 Å². The summed E-state index contributed by atoms with van der Waals surface area (Å²) in [6.07, 6.45) is 3.45. The molecule has 0 unspecified atom stereocenters. The largest absolute Gasteiger partial charge is 0.387 e. The van der Waals surface area contributed by atoms with Crippen molar-refractivity contribution in [1.82, 2.24) is 9.80 Å². The highest BCUT2D eigenvalue weighted by Gasteiger charge is 2.50. The summed E-state index contributed by atoms with van der Waals surface area (Å²) in [4.78, 5) is 19.4. The first-order chi connectivity index (χ1) is 13.0. The predicted molar refractivity (Wildman–Crippen MR) is 108 cm³/mol. The molecule has 2 heterocycles. The SMILES string of the molecule is Cc1cccc(N2CCN(CC(=O)N3C[C@@H](C)[C@](O)(C4CCC4)C3)CC2)c1. The molecule has 27 heavy (non-hydrogen) atoms. The Balaban J connectivity index is 1.28. The van der Waals surface area contributed by atoms with E-state index < -0.39 is 5.60 Å².